The van der Waals surface area contributed by atoms with Crippen LogP contribution in [0.1, 0.15) is 60.3 Å². The highest BCUT2D eigenvalue weighted by atomic mass is 16.5. The molecule has 0 aromatic heterocycles. The maximum Gasteiger partial charge on any atom is 0.0897 e. The van der Waals surface area contributed by atoms with Gasteiger partial charge in [-0.15, -0.1) is 0 Å². The molecular formula is C17H33NO2. The van der Waals surface area contributed by atoms with Crippen molar-refractivity contribution in [2.45, 2.75) is 78.6 Å². The van der Waals surface area contributed by atoms with E-state index >= 15 is 0 Å². The van der Waals surface area contributed by atoms with Crippen molar-refractivity contribution < 1.29 is 9.84 Å². The Kier molecular flexibility index (Phi) is 4.83. The third kappa shape index (κ3) is 2.77. The molecule has 0 spiro atoms. The summed E-state index contributed by atoms with van der Waals surface area (Å²) in [5.41, 5.74) is 0.680. The number of aliphatic hydroxyl groups excluding tert-OH is 1. The number of fused-ring (bicyclic) bond motifs is 2. The molecule has 0 aromatic carbocycles. The van der Waals surface area contributed by atoms with Gasteiger partial charge in [0.2, 0.25) is 0 Å². The van der Waals surface area contributed by atoms with Crippen molar-refractivity contribution in [3.05, 3.63) is 0 Å². The van der Waals surface area contributed by atoms with Crippen molar-refractivity contribution >= 4 is 0 Å². The van der Waals surface area contributed by atoms with E-state index in [4.69, 9.17) is 4.74 Å². The van der Waals surface area contributed by atoms with Crippen LogP contribution >= 0.6 is 0 Å². The first-order chi connectivity index (χ1) is 9.31. The standard InChI is InChI=1S/C17H33NO2/c1-6-12(2)18-10-14(19)11-20-15-9-13-7-8-17(15,5)16(13,3)4/h12-15,18-19H,6-11H2,1-5H3/t12-,13+,14-,15-,17+/m0/s1. The van der Waals surface area contributed by atoms with Crippen molar-refractivity contribution in [2.75, 3.05) is 13.2 Å². The highest BCUT2D eigenvalue weighted by molar-refractivity contribution is 5.11. The molecule has 2 saturated carbocycles. The zero-order valence-corrected chi connectivity index (χ0v) is 13.9. The lowest BCUT2D eigenvalue weighted by Crippen LogP contribution is -2.40. The fourth-order valence-corrected chi connectivity index (χ4v) is 4.15. The zero-order chi connectivity index (χ0) is 15.0. The molecule has 0 aliphatic heterocycles. The SMILES string of the molecule is CC[C@H](C)NC[C@H](O)CO[C@H]1C[C@H]2CC[C@@]1(C)C2(C)C. The Hall–Kier alpha value is -0.120. The maximum absolute atomic E-state index is 10.1. The normalized spacial score (nSPS) is 38.1. The number of hydrogen-bond acceptors (Lipinski definition) is 3. The second-order valence-corrected chi connectivity index (χ2v) is 7.80. The Morgan fingerprint density at radius 1 is 1.35 bits per heavy atom. The molecule has 3 heteroatoms. The second kappa shape index (κ2) is 5.94. The van der Waals surface area contributed by atoms with E-state index in [1.54, 1.807) is 0 Å². The summed E-state index contributed by atoms with van der Waals surface area (Å²) in [6.45, 7) is 12.6. The lowest BCUT2D eigenvalue weighted by molar-refractivity contribution is -0.0744. The van der Waals surface area contributed by atoms with E-state index in [0.29, 0.717) is 36.1 Å². The lowest BCUT2D eigenvalue weighted by Gasteiger charge is -2.39. The van der Waals surface area contributed by atoms with Gasteiger partial charge in [-0.3, -0.25) is 0 Å². The zero-order valence-electron chi connectivity index (χ0n) is 13.9. The monoisotopic (exact) mass is 283 g/mol. The van der Waals surface area contributed by atoms with E-state index in [1.807, 2.05) is 0 Å². The molecule has 5 atom stereocenters. The largest absolute Gasteiger partial charge is 0.389 e. The van der Waals surface area contributed by atoms with E-state index in [0.717, 1.165) is 12.3 Å². The molecule has 20 heavy (non-hydrogen) atoms. The Bertz CT molecular complexity index is 331. The molecule has 2 aliphatic carbocycles. The van der Waals surface area contributed by atoms with Crippen LogP contribution in [0.3, 0.4) is 0 Å². The molecule has 2 rings (SSSR count). The summed E-state index contributed by atoms with van der Waals surface area (Å²) in [4.78, 5) is 0. The van der Waals surface area contributed by atoms with Gasteiger partial charge in [0.25, 0.3) is 0 Å². The van der Waals surface area contributed by atoms with Crippen LogP contribution < -0.4 is 5.32 Å². The molecular weight excluding hydrogens is 250 g/mol. The molecule has 2 fully saturated rings. The minimum Gasteiger partial charge on any atom is -0.389 e. The summed E-state index contributed by atoms with van der Waals surface area (Å²) in [6, 6.07) is 0.462. The van der Waals surface area contributed by atoms with Crippen molar-refractivity contribution in [3.8, 4) is 0 Å². The van der Waals surface area contributed by atoms with Gasteiger partial charge >= 0.3 is 0 Å². The molecule has 0 radical (unpaired) electrons. The summed E-state index contributed by atoms with van der Waals surface area (Å²) in [5.74, 6) is 0.799. The Morgan fingerprint density at radius 3 is 2.55 bits per heavy atom. The number of ether oxygens (including phenoxy) is 1. The van der Waals surface area contributed by atoms with Crippen LogP contribution in [0.4, 0.5) is 0 Å². The molecule has 0 amide bonds. The molecule has 2 aliphatic rings. The molecule has 0 heterocycles. The van der Waals surface area contributed by atoms with Crippen LogP contribution in [0.5, 0.6) is 0 Å². The first-order valence-electron chi connectivity index (χ1n) is 8.34. The Balaban J connectivity index is 1.78. The van der Waals surface area contributed by atoms with Crippen LogP contribution in [0.25, 0.3) is 0 Å². The Morgan fingerprint density at radius 2 is 2.05 bits per heavy atom. The fraction of sp³-hybridized carbons (Fsp3) is 1.00. The summed E-state index contributed by atoms with van der Waals surface area (Å²) >= 11 is 0. The van der Waals surface area contributed by atoms with Gasteiger partial charge in [0.05, 0.1) is 18.8 Å². The Labute approximate surface area is 124 Å². The second-order valence-electron chi connectivity index (χ2n) is 7.80. The molecule has 0 saturated heterocycles. The third-order valence-electron chi connectivity index (χ3n) is 6.52. The van der Waals surface area contributed by atoms with E-state index in [2.05, 4.69) is 39.9 Å². The summed E-state index contributed by atoms with van der Waals surface area (Å²) in [7, 11) is 0. The quantitative estimate of drug-likeness (QED) is 0.755. The van der Waals surface area contributed by atoms with E-state index in [9.17, 15) is 5.11 Å². The molecule has 3 nitrogen and oxygen atoms in total. The van der Waals surface area contributed by atoms with Crippen molar-refractivity contribution in [3.63, 3.8) is 0 Å². The number of hydrogen-bond donors (Lipinski definition) is 2. The number of aliphatic hydroxyl groups is 1. The highest BCUT2D eigenvalue weighted by Gasteiger charge is 2.61. The van der Waals surface area contributed by atoms with Gasteiger partial charge in [0.15, 0.2) is 0 Å². The van der Waals surface area contributed by atoms with Crippen LogP contribution in [0, 0.1) is 16.7 Å². The molecule has 0 aromatic rings. The topological polar surface area (TPSA) is 41.5 Å². The maximum atomic E-state index is 10.1. The molecule has 0 unspecified atom stereocenters. The lowest BCUT2D eigenvalue weighted by atomic mass is 9.70. The fourth-order valence-electron chi connectivity index (χ4n) is 4.15. The minimum absolute atomic E-state index is 0.293. The van der Waals surface area contributed by atoms with Crippen LogP contribution in [-0.4, -0.2) is 36.5 Å². The van der Waals surface area contributed by atoms with E-state index in [-0.39, 0.29) is 0 Å². The van der Waals surface area contributed by atoms with Crippen molar-refractivity contribution in [1.82, 2.24) is 5.32 Å². The molecule has 118 valence electrons. The highest BCUT2D eigenvalue weighted by Crippen LogP contribution is 2.66. The summed E-state index contributed by atoms with van der Waals surface area (Å²) in [6.07, 6.45) is 4.82. The molecule has 2 bridgehead atoms. The van der Waals surface area contributed by atoms with Gasteiger partial charge < -0.3 is 15.2 Å². The van der Waals surface area contributed by atoms with E-state index < -0.39 is 6.10 Å². The first kappa shape index (κ1) is 16.3. The summed E-state index contributed by atoms with van der Waals surface area (Å²) in [5, 5.41) is 13.4. The third-order valence-corrected chi connectivity index (χ3v) is 6.52. The van der Waals surface area contributed by atoms with Crippen molar-refractivity contribution in [1.29, 1.82) is 0 Å². The first-order valence-corrected chi connectivity index (χ1v) is 8.34. The van der Waals surface area contributed by atoms with Gasteiger partial charge in [0.1, 0.15) is 0 Å². The van der Waals surface area contributed by atoms with Crippen molar-refractivity contribution in [2.24, 2.45) is 16.7 Å². The van der Waals surface area contributed by atoms with E-state index in [1.165, 1.54) is 19.3 Å². The smallest absolute Gasteiger partial charge is 0.0897 e. The minimum atomic E-state index is -0.394. The van der Waals surface area contributed by atoms with Gasteiger partial charge in [-0.25, -0.2) is 0 Å². The predicted octanol–water partition coefficient (Wildman–Crippen LogP) is 2.97. The predicted molar refractivity (Wildman–Crippen MR) is 82.7 cm³/mol. The molecule has 2 N–H and O–H groups in total. The van der Waals surface area contributed by atoms with Crippen LogP contribution in [-0.2, 0) is 4.74 Å². The average Bonchev–Trinajstić information content (AvgIpc) is 2.75. The average molecular weight is 283 g/mol. The summed E-state index contributed by atoms with van der Waals surface area (Å²) < 4.78 is 6.11. The van der Waals surface area contributed by atoms with Gasteiger partial charge in [-0.2, -0.15) is 0 Å². The van der Waals surface area contributed by atoms with Crippen LogP contribution in [0.15, 0.2) is 0 Å². The van der Waals surface area contributed by atoms with Gasteiger partial charge in [-0.1, -0.05) is 27.7 Å². The van der Waals surface area contributed by atoms with Crippen LogP contribution in [0.2, 0.25) is 0 Å². The van der Waals surface area contributed by atoms with Gasteiger partial charge in [-0.05, 0) is 49.4 Å². The van der Waals surface area contributed by atoms with Gasteiger partial charge in [0, 0.05) is 12.6 Å². The number of nitrogens with one attached hydrogen (secondary N) is 1. The number of rotatable bonds is 7.